The number of likely N-dealkylation sites (N-methyl/N-ethyl adjacent to an activating group) is 1. The molecule has 0 aromatic carbocycles. The molecular weight excluding hydrogens is 306 g/mol. The Hall–Kier alpha value is -0.910. The van der Waals surface area contributed by atoms with Crippen LogP contribution in [0.25, 0.3) is 10.8 Å². The SMILES string of the molecule is CCCc1sc(-c2nc(CC(C)NC)no2)cc1CC.Cl. The van der Waals surface area contributed by atoms with Gasteiger partial charge in [-0.1, -0.05) is 25.4 Å². The number of aryl methyl sites for hydroxylation is 2. The predicted octanol–water partition coefficient (Wildman–Crippen LogP) is 3.89. The van der Waals surface area contributed by atoms with Crippen molar-refractivity contribution in [3.63, 3.8) is 0 Å². The average Bonchev–Trinajstić information content (AvgIpc) is 3.05. The van der Waals surface area contributed by atoms with Crippen LogP contribution >= 0.6 is 23.7 Å². The summed E-state index contributed by atoms with van der Waals surface area (Å²) in [6.07, 6.45) is 4.14. The number of rotatable bonds is 7. The van der Waals surface area contributed by atoms with Gasteiger partial charge in [0.1, 0.15) is 0 Å². The first-order chi connectivity index (χ1) is 9.67. The van der Waals surface area contributed by atoms with E-state index < -0.39 is 0 Å². The van der Waals surface area contributed by atoms with Crippen molar-refractivity contribution in [1.82, 2.24) is 15.5 Å². The highest BCUT2D eigenvalue weighted by Crippen LogP contribution is 2.31. The summed E-state index contributed by atoms with van der Waals surface area (Å²) in [6.45, 7) is 6.51. The van der Waals surface area contributed by atoms with Gasteiger partial charge in [0.15, 0.2) is 5.82 Å². The number of nitrogens with zero attached hydrogens (tertiary/aromatic N) is 2. The summed E-state index contributed by atoms with van der Waals surface area (Å²) < 4.78 is 5.41. The summed E-state index contributed by atoms with van der Waals surface area (Å²) in [7, 11) is 1.94. The zero-order chi connectivity index (χ0) is 14.5. The number of thiophene rings is 1. The molecule has 1 N–H and O–H groups in total. The van der Waals surface area contributed by atoms with Crippen LogP contribution < -0.4 is 5.32 Å². The molecule has 0 aliphatic heterocycles. The molecule has 2 rings (SSSR count). The monoisotopic (exact) mass is 329 g/mol. The molecule has 1 unspecified atom stereocenters. The standard InChI is InChI=1S/C15H23N3OS.ClH/c1-5-7-12-11(6-2)9-13(20-12)15-17-14(18-19-15)8-10(3)16-4;/h9-10,16H,5-8H2,1-4H3;1H. The van der Waals surface area contributed by atoms with Gasteiger partial charge in [-0.3, -0.25) is 0 Å². The van der Waals surface area contributed by atoms with Crippen molar-refractivity contribution in [2.75, 3.05) is 7.05 Å². The highest BCUT2D eigenvalue weighted by Gasteiger charge is 2.15. The molecule has 21 heavy (non-hydrogen) atoms. The number of nitrogens with one attached hydrogen (secondary N) is 1. The fourth-order valence-electron chi connectivity index (χ4n) is 2.12. The second kappa shape index (κ2) is 8.51. The van der Waals surface area contributed by atoms with Crippen LogP contribution in [0, 0.1) is 0 Å². The number of halogens is 1. The molecule has 4 nitrogen and oxygen atoms in total. The number of hydrogen-bond acceptors (Lipinski definition) is 5. The molecule has 6 heteroatoms. The van der Waals surface area contributed by atoms with Crippen LogP contribution in [0.2, 0.25) is 0 Å². The van der Waals surface area contributed by atoms with Gasteiger partial charge >= 0.3 is 0 Å². The quantitative estimate of drug-likeness (QED) is 0.837. The lowest BCUT2D eigenvalue weighted by molar-refractivity contribution is 0.419. The summed E-state index contributed by atoms with van der Waals surface area (Å²) >= 11 is 1.79. The Kier molecular flexibility index (Phi) is 7.35. The van der Waals surface area contributed by atoms with E-state index >= 15 is 0 Å². The van der Waals surface area contributed by atoms with Crippen molar-refractivity contribution in [3.05, 3.63) is 22.3 Å². The number of aromatic nitrogens is 2. The lowest BCUT2D eigenvalue weighted by Gasteiger charge is -2.04. The zero-order valence-corrected chi connectivity index (χ0v) is 14.7. The zero-order valence-electron chi connectivity index (χ0n) is 13.1. The summed E-state index contributed by atoms with van der Waals surface area (Å²) in [5.74, 6) is 1.43. The Morgan fingerprint density at radius 3 is 2.76 bits per heavy atom. The van der Waals surface area contributed by atoms with Gasteiger partial charge in [-0.05, 0) is 38.4 Å². The van der Waals surface area contributed by atoms with Crippen molar-refractivity contribution < 1.29 is 4.52 Å². The van der Waals surface area contributed by atoms with Crippen molar-refractivity contribution in [2.24, 2.45) is 0 Å². The molecule has 0 aliphatic carbocycles. The minimum atomic E-state index is 0. The molecule has 2 aromatic heterocycles. The summed E-state index contributed by atoms with van der Waals surface area (Å²) in [5, 5.41) is 7.25. The highest BCUT2D eigenvalue weighted by molar-refractivity contribution is 7.15. The van der Waals surface area contributed by atoms with Crippen molar-refractivity contribution in [1.29, 1.82) is 0 Å². The van der Waals surface area contributed by atoms with E-state index in [1.807, 2.05) is 7.05 Å². The molecule has 0 amide bonds. The molecular formula is C15H24ClN3OS. The van der Waals surface area contributed by atoms with E-state index in [4.69, 9.17) is 4.52 Å². The van der Waals surface area contributed by atoms with E-state index in [2.05, 4.69) is 42.3 Å². The van der Waals surface area contributed by atoms with E-state index in [1.54, 1.807) is 11.3 Å². The fourth-order valence-corrected chi connectivity index (χ4v) is 3.40. The van der Waals surface area contributed by atoms with E-state index in [0.29, 0.717) is 11.9 Å². The van der Waals surface area contributed by atoms with Crippen LogP contribution in [-0.2, 0) is 19.3 Å². The molecule has 2 heterocycles. The van der Waals surface area contributed by atoms with Crippen molar-refractivity contribution in [2.45, 2.75) is 52.5 Å². The molecule has 0 fully saturated rings. The van der Waals surface area contributed by atoms with Crippen LogP contribution in [-0.4, -0.2) is 23.2 Å². The van der Waals surface area contributed by atoms with Gasteiger partial charge in [-0.15, -0.1) is 23.7 Å². The third-order valence-electron chi connectivity index (χ3n) is 3.42. The Labute approximate surface area is 136 Å². The molecule has 0 spiro atoms. The molecule has 1 atom stereocenters. The van der Waals surface area contributed by atoms with Crippen molar-refractivity contribution in [3.8, 4) is 10.8 Å². The fraction of sp³-hybridized carbons (Fsp3) is 0.600. The third-order valence-corrected chi connectivity index (χ3v) is 4.64. The van der Waals surface area contributed by atoms with Gasteiger partial charge in [0, 0.05) is 17.3 Å². The summed E-state index contributed by atoms with van der Waals surface area (Å²) in [5.41, 5.74) is 1.41. The number of hydrogen-bond donors (Lipinski definition) is 1. The Morgan fingerprint density at radius 1 is 1.38 bits per heavy atom. The minimum absolute atomic E-state index is 0. The molecule has 0 bridgehead atoms. The molecule has 0 saturated heterocycles. The first-order valence-electron chi connectivity index (χ1n) is 7.29. The van der Waals surface area contributed by atoms with Crippen LogP contribution in [0.5, 0.6) is 0 Å². The van der Waals surface area contributed by atoms with Gasteiger partial charge in [0.25, 0.3) is 5.89 Å². The first kappa shape index (κ1) is 18.1. The van der Waals surface area contributed by atoms with Crippen LogP contribution in [0.1, 0.15) is 43.5 Å². The molecule has 0 radical (unpaired) electrons. The van der Waals surface area contributed by atoms with Crippen LogP contribution in [0.15, 0.2) is 10.6 Å². The minimum Gasteiger partial charge on any atom is -0.333 e. The van der Waals surface area contributed by atoms with E-state index in [1.165, 1.54) is 16.9 Å². The Balaban J connectivity index is 0.00000220. The predicted molar refractivity (Wildman–Crippen MR) is 90.5 cm³/mol. The Bertz CT molecular complexity index is 553. The molecule has 118 valence electrons. The van der Waals surface area contributed by atoms with E-state index in [-0.39, 0.29) is 12.4 Å². The smallest absolute Gasteiger partial charge is 0.268 e. The van der Waals surface area contributed by atoms with Gasteiger partial charge in [0.05, 0.1) is 4.88 Å². The van der Waals surface area contributed by atoms with Gasteiger partial charge in [-0.2, -0.15) is 4.98 Å². The first-order valence-corrected chi connectivity index (χ1v) is 8.11. The van der Waals surface area contributed by atoms with Gasteiger partial charge in [0.2, 0.25) is 0 Å². The van der Waals surface area contributed by atoms with E-state index in [0.717, 1.165) is 30.0 Å². The lowest BCUT2D eigenvalue weighted by Crippen LogP contribution is -2.24. The van der Waals surface area contributed by atoms with Gasteiger partial charge < -0.3 is 9.84 Å². The largest absolute Gasteiger partial charge is 0.333 e. The molecule has 0 aliphatic rings. The van der Waals surface area contributed by atoms with Crippen LogP contribution in [0.3, 0.4) is 0 Å². The summed E-state index contributed by atoms with van der Waals surface area (Å²) in [4.78, 5) is 7.06. The average molecular weight is 330 g/mol. The maximum absolute atomic E-state index is 5.41. The van der Waals surface area contributed by atoms with Crippen LogP contribution in [0.4, 0.5) is 0 Å². The Morgan fingerprint density at radius 2 is 2.14 bits per heavy atom. The second-order valence-electron chi connectivity index (χ2n) is 5.07. The summed E-state index contributed by atoms with van der Waals surface area (Å²) in [6, 6.07) is 2.56. The van der Waals surface area contributed by atoms with E-state index in [9.17, 15) is 0 Å². The maximum Gasteiger partial charge on any atom is 0.268 e. The van der Waals surface area contributed by atoms with Gasteiger partial charge in [-0.25, -0.2) is 0 Å². The topological polar surface area (TPSA) is 51.0 Å². The molecule has 2 aromatic rings. The third kappa shape index (κ3) is 4.53. The molecule has 0 saturated carbocycles. The lowest BCUT2D eigenvalue weighted by atomic mass is 10.1. The normalized spacial score (nSPS) is 12.2. The second-order valence-corrected chi connectivity index (χ2v) is 6.21. The van der Waals surface area contributed by atoms with Crippen molar-refractivity contribution >= 4 is 23.7 Å². The maximum atomic E-state index is 5.41. The highest BCUT2D eigenvalue weighted by atomic mass is 35.5.